The molecule has 0 aromatic heterocycles. The minimum Gasteiger partial charge on any atom is -0.424 e. The van der Waals surface area contributed by atoms with E-state index in [4.69, 9.17) is 16.3 Å². The zero-order valence-corrected chi connectivity index (χ0v) is 16.0. The minimum atomic E-state index is -0.334. The van der Waals surface area contributed by atoms with Crippen molar-refractivity contribution in [3.05, 3.63) is 87.4 Å². The number of halogens is 2. The Labute approximate surface area is 160 Å². The normalized spacial score (nSPS) is 10.5. The molecule has 0 atom stereocenters. The van der Waals surface area contributed by atoms with Crippen LogP contribution in [0.3, 0.4) is 0 Å². The maximum Gasteiger partial charge on any atom is 0.315 e. The zero-order chi connectivity index (χ0) is 17.8. The molecule has 0 N–H and O–H groups in total. The van der Waals surface area contributed by atoms with Crippen molar-refractivity contribution in [2.45, 2.75) is 13.3 Å². The van der Waals surface area contributed by atoms with Crippen molar-refractivity contribution in [3.63, 3.8) is 0 Å². The average Bonchev–Trinajstić information content (AvgIpc) is 2.59. The second-order valence-corrected chi connectivity index (χ2v) is 7.07. The first-order chi connectivity index (χ1) is 12.0. The lowest BCUT2D eigenvalue weighted by Gasteiger charge is -2.10. The van der Waals surface area contributed by atoms with Crippen LogP contribution >= 0.6 is 27.5 Å². The van der Waals surface area contributed by atoms with Crippen LogP contribution in [-0.4, -0.2) is 5.97 Å². The van der Waals surface area contributed by atoms with E-state index in [-0.39, 0.29) is 12.4 Å². The molecule has 2 nitrogen and oxygen atoms in total. The zero-order valence-electron chi connectivity index (χ0n) is 13.6. The van der Waals surface area contributed by atoms with E-state index in [1.54, 1.807) is 6.07 Å². The summed E-state index contributed by atoms with van der Waals surface area (Å²) in [5.41, 5.74) is 3.97. The number of carbonyl (C=O) groups excluding carboxylic acids is 1. The minimum absolute atomic E-state index is 0.195. The molecule has 126 valence electrons. The molecule has 3 aromatic rings. The van der Waals surface area contributed by atoms with Crippen molar-refractivity contribution < 1.29 is 9.53 Å². The van der Waals surface area contributed by atoms with Crippen molar-refractivity contribution in [1.29, 1.82) is 0 Å². The number of carbonyl (C=O) groups is 1. The molecule has 3 aromatic carbocycles. The summed E-state index contributed by atoms with van der Waals surface area (Å²) in [6, 6.07) is 21.6. The predicted molar refractivity (Wildman–Crippen MR) is 105 cm³/mol. The molecule has 25 heavy (non-hydrogen) atoms. The number of aryl methyl sites for hydroxylation is 1. The van der Waals surface area contributed by atoms with Gasteiger partial charge in [0.05, 0.1) is 11.4 Å². The number of benzene rings is 3. The van der Waals surface area contributed by atoms with Gasteiger partial charge in [-0.25, -0.2) is 0 Å². The lowest BCUT2D eigenvalue weighted by molar-refractivity contribution is -0.133. The van der Waals surface area contributed by atoms with Gasteiger partial charge in [0.1, 0.15) is 0 Å². The summed E-state index contributed by atoms with van der Waals surface area (Å²) in [5.74, 6) is 0.0792. The highest BCUT2D eigenvalue weighted by Crippen LogP contribution is 2.32. The summed E-state index contributed by atoms with van der Waals surface area (Å²) in [6.45, 7) is 1.86. The van der Waals surface area contributed by atoms with Gasteiger partial charge in [-0.05, 0) is 41.3 Å². The van der Waals surface area contributed by atoms with Gasteiger partial charge in [-0.15, -0.1) is 0 Å². The van der Waals surface area contributed by atoms with E-state index >= 15 is 0 Å². The maximum atomic E-state index is 12.2. The summed E-state index contributed by atoms with van der Waals surface area (Å²) in [6.07, 6.45) is 0.195. The Morgan fingerprint density at radius 2 is 1.64 bits per heavy atom. The lowest BCUT2D eigenvalue weighted by Crippen LogP contribution is -2.12. The Morgan fingerprint density at radius 1 is 1.00 bits per heavy atom. The van der Waals surface area contributed by atoms with E-state index in [0.717, 1.165) is 26.7 Å². The van der Waals surface area contributed by atoms with E-state index in [2.05, 4.69) is 28.1 Å². The van der Waals surface area contributed by atoms with Crippen LogP contribution < -0.4 is 4.74 Å². The smallest absolute Gasteiger partial charge is 0.315 e. The Morgan fingerprint density at radius 3 is 2.28 bits per heavy atom. The van der Waals surface area contributed by atoms with Gasteiger partial charge in [0, 0.05) is 4.47 Å². The van der Waals surface area contributed by atoms with Crippen molar-refractivity contribution >= 4 is 33.5 Å². The van der Waals surface area contributed by atoms with Gasteiger partial charge in [-0.3, -0.25) is 4.79 Å². The van der Waals surface area contributed by atoms with Gasteiger partial charge in [0.15, 0.2) is 5.75 Å². The number of hydrogen-bond donors (Lipinski definition) is 0. The molecule has 0 saturated heterocycles. The molecule has 0 fully saturated rings. The molecule has 0 spiro atoms. The molecule has 0 saturated carbocycles. The Bertz CT molecular complexity index is 867. The number of esters is 1. The van der Waals surface area contributed by atoms with Gasteiger partial charge < -0.3 is 4.74 Å². The molecule has 0 radical (unpaired) electrons. The second-order valence-electron chi connectivity index (χ2n) is 5.75. The maximum absolute atomic E-state index is 12.2. The van der Waals surface area contributed by atoms with Crippen molar-refractivity contribution in [2.24, 2.45) is 0 Å². The fraction of sp³-hybridized carbons (Fsp3) is 0.0952. The third-order valence-corrected chi connectivity index (χ3v) is 4.56. The molecule has 3 rings (SSSR count). The van der Waals surface area contributed by atoms with Crippen LogP contribution in [0.1, 0.15) is 11.1 Å². The van der Waals surface area contributed by atoms with E-state index in [1.165, 1.54) is 0 Å². The summed E-state index contributed by atoms with van der Waals surface area (Å²) in [4.78, 5) is 12.2. The molecular formula is C21H16BrClO2. The fourth-order valence-electron chi connectivity index (χ4n) is 2.58. The third-order valence-electron chi connectivity index (χ3n) is 3.82. The predicted octanol–water partition coefficient (Wildman–Crippen LogP) is 6.23. The molecule has 0 aliphatic carbocycles. The SMILES string of the molecule is Cc1cc(Br)cc(Cl)c1OC(=O)Cc1ccc(-c2ccccc2)cc1. The van der Waals surface area contributed by atoms with Gasteiger partial charge >= 0.3 is 5.97 Å². The lowest BCUT2D eigenvalue weighted by atomic mass is 10.0. The van der Waals surface area contributed by atoms with E-state index in [9.17, 15) is 4.79 Å². The molecular weight excluding hydrogens is 400 g/mol. The van der Waals surface area contributed by atoms with Crippen molar-refractivity contribution in [1.82, 2.24) is 0 Å². The molecule has 0 aliphatic rings. The van der Waals surface area contributed by atoms with Crippen LogP contribution in [0.4, 0.5) is 0 Å². The first-order valence-corrected chi connectivity index (χ1v) is 9.01. The Balaban J connectivity index is 1.70. The quantitative estimate of drug-likeness (QED) is 0.373. The van der Waals surface area contributed by atoms with Gasteiger partial charge in [0.2, 0.25) is 0 Å². The molecule has 4 heteroatoms. The third kappa shape index (κ3) is 4.50. The van der Waals surface area contributed by atoms with E-state index < -0.39 is 0 Å². The van der Waals surface area contributed by atoms with Crippen LogP contribution in [0.2, 0.25) is 5.02 Å². The van der Waals surface area contributed by atoms with E-state index in [1.807, 2.05) is 55.5 Å². The molecule has 0 amide bonds. The highest BCUT2D eigenvalue weighted by Gasteiger charge is 2.13. The van der Waals surface area contributed by atoms with Gasteiger partial charge in [0.25, 0.3) is 0 Å². The number of ether oxygens (including phenoxy) is 1. The van der Waals surface area contributed by atoms with Crippen LogP contribution in [0.5, 0.6) is 5.75 Å². The topological polar surface area (TPSA) is 26.3 Å². The highest BCUT2D eigenvalue weighted by molar-refractivity contribution is 9.10. The first kappa shape index (κ1) is 17.7. The summed E-state index contributed by atoms with van der Waals surface area (Å²) < 4.78 is 6.31. The van der Waals surface area contributed by atoms with Gasteiger partial charge in [-0.1, -0.05) is 82.1 Å². The van der Waals surface area contributed by atoms with Crippen molar-refractivity contribution in [2.75, 3.05) is 0 Å². The van der Waals surface area contributed by atoms with Crippen LogP contribution in [0, 0.1) is 6.92 Å². The fourth-order valence-corrected chi connectivity index (χ4v) is 3.59. The molecule has 0 aliphatic heterocycles. The second kappa shape index (κ2) is 7.85. The summed E-state index contributed by atoms with van der Waals surface area (Å²) in [5, 5.41) is 0.416. The number of hydrogen-bond acceptors (Lipinski definition) is 2. The number of rotatable bonds is 4. The summed E-state index contributed by atoms with van der Waals surface area (Å²) in [7, 11) is 0. The molecule has 0 bridgehead atoms. The Hall–Kier alpha value is -2.10. The molecule has 0 unspecified atom stereocenters. The van der Waals surface area contributed by atoms with Crippen LogP contribution in [0.15, 0.2) is 71.2 Å². The van der Waals surface area contributed by atoms with E-state index in [0.29, 0.717) is 10.8 Å². The van der Waals surface area contributed by atoms with Gasteiger partial charge in [-0.2, -0.15) is 0 Å². The summed E-state index contributed by atoms with van der Waals surface area (Å²) >= 11 is 9.53. The molecule has 0 heterocycles. The van der Waals surface area contributed by atoms with Crippen LogP contribution in [-0.2, 0) is 11.2 Å². The average molecular weight is 416 g/mol. The highest BCUT2D eigenvalue weighted by atomic mass is 79.9. The van der Waals surface area contributed by atoms with Crippen LogP contribution in [0.25, 0.3) is 11.1 Å². The van der Waals surface area contributed by atoms with Crippen molar-refractivity contribution in [3.8, 4) is 16.9 Å². The largest absolute Gasteiger partial charge is 0.424 e. The Kier molecular flexibility index (Phi) is 5.57. The first-order valence-electron chi connectivity index (χ1n) is 7.83. The monoisotopic (exact) mass is 414 g/mol. The standard InChI is InChI=1S/C21H16BrClO2/c1-14-11-18(22)13-19(23)21(14)25-20(24)12-15-7-9-17(10-8-15)16-5-3-2-4-6-16/h2-11,13H,12H2,1H3.